The second-order valence-electron chi connectivity index (χ2n) is 7.51. The Labute approximate surface area is 210 Å². The number of aliphatic imine (C=N–C) groups is 2. The highest BCUT2D eigenvalue weighted by Crippen LogP contribution is 2.43. The molecule has 0 aliphatic carbocycles. The fourth-order valence-electron chi connectivity index (χ4n) is 3.29. The monoisotopic (exact) mass is 517 g/mol. The summed E-state index contributed by atoms with van der Waals surface area (Å²) in [7, 11) is 1.60. The Bertz CT molecular complexity index is 1230. The van der Waals surface area contributed by atoms with Crippen molar-refractivity contribution in [3.63, 3.8) is 0 Å². The van der Waals surface area contributed by atoms with E-state index in [-0.39, 0.29) is 18.4 Å². The van der Waals surface area contributed by atoms with Crippen molar-refractivity contribution < 1.29 is 18.8 Å². The summed E-state index contributed by atoms with van der Waals surface area (Å²) in [5.41, 5.74) is 9.79. The predicted octanol–water partition coefficient (Wildman–Crippen LogP) is 3.83. The number of hydrogen-bond acceptors (Lipinski definition) is 7. The standard InChI is InChI=1S/C24H28FN5O3S2/c1-15(14-29-24(27-2)28-9-10-31)19-13-18(16-5-7-17(25)8-6-16)20-21(26)23(34-22(20)30-19)35(32)12-4-11-33-3/h5-8,13-14,31H,2,4,9-12,26H2,1,3H3,(H,28,29)/b15-14+. The minimum Gasteiger partial charge on any atom is -0.611 e. The Morgan fingerprint density at radius 2 is 2.14 bits per heavy atom. The van der Waals surface area contributed by atoms with Gasteiger partial charge in [-0.25, -0.2) is 19.4 Å². The average Bonchev–Trinajstić information content (AvgIpc) is 3.20. The fourth-order valence-corrected chi connectivity index (χ4v) is 5.92. The first kappa shape index (κ1) is 26.8. The maximum absolute atomic E-state index is 13.6. The summed E-state index contributed by atoms with van der Waals surface area (Å²) in [6.45, 7) is 6.06. The molecular weight excluding hydrogens is 489 g/mol. The second-order valence-corrected chi connectivity index (χ2v) is 10.3. The van der Waals surface area contributed by atoms with Crippen molar-refractivity contribution in [3.8, 4) is 11.1 Å². The number of allylic oxidation sites excluding steroid dienone is 1. The van der Waals surface area contributed by atoms with Gasteiger partial charge in [-0.05, 0) is 59.7 Å². The molecule has 8 nitrogen and oxygen atoms in total. The number of nitrogen functional groups attached to an aromatic ring is 1. The highest BCUT2D eigenvalue weighted by molar-refractivity contribution is 7.93. The number of nitrogens with two attached hydrogens (primary N) is 1. The molecule has 3 rings (SSSR count). The van der Waals surface area contributed by atoms with Crippen LogP contribution >= 0.6 is 11.3 Å². The molecule has 0 aliphatic heterocycles. The molecule has 4 N–H and O–H groups in total. The number of halogens is 1. The summed E-state index contributed by atoms with van der Waals surface area (Å²) in [6, 6.07) is 7.98. The van der Waals surface area contributed by atoms with Crippen LogP contribution in [0.25, 0.3) is 26.9 Å². The summed E-state index contributed by atoms with van der Waals surface area (Å²) in [5, 5.41) is 12.5. The Kier molecular flexibility index (Phi) is 9.75. The van der Waals surface area contributed by atoms with Gasteiger partial charge in [0.2, 0.25) is 10.2 Å². The molecule has 0 bridgehead atoms. The van der Waals surface area contributed by atoms with E-state index in [0.29, 0.717) is 51.1 Å². The molecule has 1 unspecified atom stereocenters. The number of aliphatic hydroxyl groups is 1. The number of ether oxygens (including phenoxy) is 1. The third-order valence-electron chi connectivity index (χ3n) is 5.03. The van der Waals surface area contributed by atoms with Crippen LogP contribution < -0.4 is 11.1 Å². The molecule has 2 aromatic heterocycles. The van der Waals surface area contributed by atoms with Gasteiger partial charge in [0.05, 0.1) is 18.9 Å². The maximum atomic E-state index is 13.6. The number of guanidine groups is 1. The predicted molar refractivity (Wildman–Crippen MR) is 143 cm³/mol. The number of anilines is 1. The van der Waals surface area contributed by atoms with Gasteiger partial charge in [0.15, 0.2) is 0 Å². The highest BCUT2D eigenvalue weighted by Gasteiger charge is 2.24. The first-order valence-electron chi connectivity index (χ1n) is 10.8. The summed E-state index contributed by atoms with van der Waals surface area (Å²) in [5.74, 6) is 0.352. The zero-order chi connectivity index (χ0) is 25.4. The summed E-state index contributed by atoms with van der Waals surface area (Å²) in [4.78, 5) is 13.5. The Morgan fingerprint density at radius 1 is 1.40 bits per heavy atom. The van der Waals surface area contributed by atoms with Crippen molar-refractivity contribution in [1.82, 2.24) is 10.3 Å². The zero-order valence-electron chi connectivity index (χ0n) is 19.6. The number of pyridine rings is 1. The van der Waals surface area contributed by atoms with Crippen LogP contribution in [0.2, 0.25) is 0 Å². The Morgan fingerprint density at radius 3 is 2.80 bits per heavy atom. The summed E-state index contributed by atoms with van der Waals surface area (Å²) < 4.78 is 32.2. The lowest BCUT2D eigenvalue weighted by molar-refractivity contribution is 0.199. The fraction of sp³-hybridized carbons (Fsp3) is 0.292. The number of aliphatic hydroxyl groups excluding tert-OH is 1. The number of benzene rings is 1. The van der Waals surface area contributed by atoms with E-state index in [0.717, 1.165) is 16.7 Å². The quantitative estimate of drug-likeness (QED) is 0.162. The van der Waals surface area contributed by atoms with E-state index in [1.54, 1.807) is 25.4 Å². The van der Waals surface area contributed by atoms with Crippen molar-refractivity contribution >= 4 is 56.7 Å². The van der Waals surface area contributed by atoms with Crippen LogP contribution in [-0.2, 0) is 15.9 Å². The lowest BCUT2D eigenvalue weighted by atomic mass is 10.0. The van der Waals surface area contributed by atoms with Crippen molar-refractivity contribution in [2.45, 2.75) is 17.6 Å². The number of nitrogens with zero attached hydrogens (tertiary/aromatic N) is 3. The molecule has 3 aromatic rings. The van der Waals surface area contributed by atoms with Gasteiger partial charge in [0.25, 0.3) is 0 Å². The van der Waals surface area contributed by atoms with Crippen LogP contribution in [0.3, 0.4) is 0 Å². The highest BCUT2D eigenvalue weighted by atomic mass is 32.2. The molecule has 2 heterocycles. The van der Waals surface area contributed by atoms with Crippen molar-refractivity contribution in [3.05, 3.63) is 48.0 Å². The molecule has 35 heavy (non-hydrogen) atoms. The minimum atomic E-state index is -1.30. The van der Waals surface area contributed by atoms with Gasteiger partial charge >= 0.3 is 0 Å². The average molecular weight is 518 g/mol. The van der Waals surface area contributed by atoms with E-state index in [2.05, 4.69) is 22.0 Å². The molecule has 0 aliphatic rings. The number of fused-ring (bicyclic) bond motifs is 1. The Hall–Kier alpha value is -2.83. The van der Waals surface area contributed by atoms with Crippen LogP contribution in [0.15, 0.2) is 50.7 Å². The van der Waals surface area contributed by atoms with Gasteiger partial charge in [0, 0.05) is 31.7 Å². The lowest BCUT2D eigenvalue weighted by Crippen LogP contribution is -2.24. The van der Waals surface area contributed by atoms with Gasteiger partial charge in [-0.3, -0.25) is 0 Å². The number of thiophene rings is 1. The minimum absolute atomic E-state index is 0.0640. The van der Waals surface area contributed by atoms with Gasteiger partial charge in [-0.15, -0.1) is 0 Å². The van der Waals surface area contributed by atoms with E-state index in [1.807, 2.05) is 13.0 Å². The first-order valence-corrected chi connectivity index (χ1v) is 13.0. The van der Waals surface area contributed by atoms with Crippen LogP contribution in [-0.4, -0.2) is 59.9 Å². The van der Waals surface area contributed by atoms with E-state index < -0.39 is 11.2 Å². The van der Waals surface area contributed by atoms with E-state index >= 15 is 0 Å². The smallest absolute Gasteiger partial charge is 0.232 e. The van der Waals surface area contributed by atoms with Crippen LogP contribution in [0.5, 0.6) is 0 Å². The van der Waals surface area contributed by atoms with E-state index in [4.69, 9.17) is 20.6 Å². The third kappa shape index (κ3) is 6.65. The normalized spacial score (nSPS) is 13.3. The Balaban J connectivity index is 2.12. The lowest BCUT2D eigenvalue weighted by Gasteiger charge is -2.10. The molecule has 0 fully saturated rings. The van der Waals surface area contributed by atoms with Gasteiger partial charge in [0.1, 0.15) is 22.1 Å². The van der Waals surface area contributed by atoms with E-state index in [1.165, 1.54) is 23.5 Å². The second kappa shape index (κ2) is 12.8. The van der Waals surface area contributed by atoms with Gasteiger partial charge in [-0.1, -0.05) is 23.5 Å². The van der Waals surface area contributed by atoms with Crippen molar-refractivity contribution in [2.24, 2.45) is 9.98 Å². The SMILES string of the molecule is C=N/C(=N\C=C(/C)c1cc(-c2ccc(F)cc2)c2c(N)c([S+]([O-])CCCOC)sc2n1)NCCO. The van der Waals surface area contributed by atoms with E-state index in [9.17, 15) is 8.94 Å². The van der Waals surface area contributed by atoms with Gasteiger partial charge in [-0.2, -0.15) is 0 Å². The first-order chi connectivity index (χ1) is 16.9. The number of methoxy groups -OCH3 is 1. The summed E-state index contributed by atoms with van der Waals surface area (Å²) in [6.07, 6.45) is 2.24. The molecule has 11 heteroatoms. The largest absolute Gasteiger partial charge is 0.611 e. The molecule has 0 saturated heterocycles. The van der Waals surface area contributed by atoms with Crippen molar-refractivity contribution in [1.29, 1.82) is 0 Å². The molecule has 1 atom stereocenters. The van der Waals surface area contributed by atoms with Crippen LogP contribution in [0.4, 0.5) is 10.1 Å². The molecule has 0 spiro atoms. The topological polar surface area (TPSA) is 128 Å². The molecule has 186 valence electrons. The summed E-state index contributed by atoms with van der Waals surface area (Å²) >= 11 is -0.00924. The molecule has 0 radical (unpaired) electrons. The molecule has 0 saturated carbocycles. The third-order valence-corrected chi connectivity index (χ3v) is 8.03. The van der Waals surface area contributed by atoms with Crippen LogP contribution in [0, 0.1) is 5.82 Å². The zero-order valence-corrected chi connectivity index (χ0v) is 21.2. The number of hydrogen-bond donors (Lipinski definition) is 3. The number of rotatable bonds is 10. The molecule has 0 amide bonds. The molecule has 1 aromatic carbocycles. The maximum Gasteiger partial charge on any atom is 0.232 e. The number of aromatic nitrogens is 1. The van der Waals surface area contributed by atoms with Gasteiger partial charge < -0.3 is 25.4 Å². The van der Waals surface area contributed by atoms with Crippen LogP contribution in [0.1, 0.15) is 19.0 Å². The molecular formula is C24H28FN5O3S2. The number of nitrogens with one attached hydrogen (secondary N) is 1. The van der Waals surface area contributed by atoms with Crippen molar-refractivity contribution in [2.75, 3.05) is 38.4 Å².